The van der Waals surface area contributed by atoms with Crippen molar-refractivity contribution in [3.8, 4) is 0 Å². The molecule has 0 aromatic carbocycles. The molecule has 0 spiro atoms. The summed E-state index contributed by atoms with van der Waals surface area (Å²) < 4.78 is 25.0. The van der Waals surface area contributed by atoms with Crippen LogP contribution in [-0.4, -0.2) is 226 Å². The van der Waals surface area contributed by atoms with Crippen molar-refractivity contribution >= 4 is 18.1 Å². The van der Waals surface area contributed by atoms with Crippen LogP contribution >= 0.6 is 0 Å². The standard InChI is InChI=1S/C12H24N4O5.C9H18N2O5.C5H12N2O3/c1-20-8-14-7-13(3-5-17)10-11(14)16(9-21-2)12(19)15(10)4-6-18;1-15-6-11-8(16-2)7(5-13)10(3-4-12)9(11)14;1-10-4-7-5(9)6-2-3-8/h10-11,17-18H,3-9H2,1-2H3;7-8,12-13H,3-6H2,1-2H3;8H,2-4H2,1H3,(H2,6,7,9). The first kappa shape index (κ1) is 42.4. The molecule has 4 atom stereocenters. The Labute approximate surface area is 275 Å². The van der Waals surface area contributed by atoms with E-state index in [-0.39, 0.29) is 103 Å². The molecule has 3 aliphatic heterocycles. The maximum Gasteiger partial charge on any atom is 0.324 e. The van der Waals surface area contributed by atoms with Crippen molar-refractivity contribution in [2.75, 3.05) is 128 Å². The second-order valence-corrected chi connectivity index (χ2v) is 10.2. The molecule has 21 nitrogen and oxygen atoms in total. The minimum atomic E-state index is -0.552. The minimum Gasteiger partial charge on any atom is -0.395 e. The Hall–Kier alpha value is -2.67. The number of fused-ring (bicyclic) bond motifs is 1. The number of carbonyl (C=O) groups excluding carboxylic acids is 3. The molecule has 3 heterocycles. The number of aliphatic hydroxyl groups is 5. The fourth-order valence-electron chi connectivity index (χ4n) is 5.36. The Morgan fingerprint density at radius 1 is 0.681 bits per heavy atom. The second-order valence-electron chi connectivity index (χ2n) is 10.2. The van der Waals surface area contributed by atoms with Crippen LogP contribution < -0.4 is 10.6 Å². The molecule has 4 unspecified atom stereocenters. The van der Waals surface area contributed by atoms with Crippen molar-refractivity contribution in [3.05, 3.63) is 0 Å². The largest absolute Gasteiger partial charge is 0.395 e. The van der Waals surface area contributed by atoms with Gasteiger partial charge in [-0.1, -0.05) is 0 Å². The van der Waals surface area contributed by atoms with Crippen LogP contribution in [0, 0.1) is 0 Å². The van der Waals surface area contributed by atoms with E-state index >= 15 is 0 Å². The van der Waals surface area contributed by atoms with Crippen LogP contribution in [0.1, 0.15) is 0 Å². The Bertz CT molecular complexity index is 836. The lowest BCUT2D eigenvalue weighted by Crippen LogP contribution is -2.47. The maximum absolute atomic E-state index is 12.5. The molecule has 6 amide bonds. The summed E-state index contributed by atoms with van der Waals surface area (Å²) in [4.78, 5) is 45.0. The van der Waals surface area contributed by atoms with Crippen molar-refractivity contribution in [1.29, 1.82) is 0 Å². The molecule has 3 fully saturated rings. The van der Waals surface area contributed by atoms with E-state index in [1.165, 1.54) is 38.2 Å². The Morgan fingerprint density at radius 2 is 1.23 bits per heavy atom. The molecule has 21 heteroatoms. The highest BCUT2D eigenvalue weighted by atomic mass is 16.5. The van der Waals surface area contributed by atoms with Crippen molar-refractivity contribution in [1.82, 2.24) is 40.0 Å². The van der Waals surface area contributed by atoms with E-state index in [0.717, 1.165) is 0 Å². The molecule has 0 radical (unpaired) electrons. The number of ether oxygens (including phenoxy) is 5. The number of amides is 6. The summed E-state index contributed by atoms with van der Waals surface area (Å²) in [5.74, 6) is 0. The van der Waals surface area contributed by atoms with Gasteiger partial charge in [-0.25, -0.2) is 19.3 Å². The molecule has 0 bridgehead atoms. The highest BCUT2D eigenvalue weighted by Gasteiger charge is 2.55. The number of hydrogen-bond acceptors (Lipinski definition) is 15. The van der Waals surface area contributed by atoms with Gasteiger partial charge in [-0.05, 0) is 0 Å². The third-order valence-electron chi connectivity index (χ3n) is 7.14. The Kier molecular flexibility index (Phi) is 21.3. The highest BCUT2D eigenvalue weighted by Crippen LogP contribution is 2.33. The van der Waals surface area contributed by atoms with Gasteiger partial charge in [-0.2, -0.15) is 0 Å². The summed E-state index contributed by atoms with van der Waals surface area (Å²) >= 11 is 0. The first-order chi connectivity index (χ1) is 22.7. The van der Waals surface area contributed by atoms with Gasteiger partial charge in [0.15, 0.2) is 6.23 Å². The number of nitrogens with one attached hydrogen (secondary N) is 2. The number of methoxy groups -OCH3 is 5. The van der Waals surface area contributed by atoms with Crippen molar-refractivity contribution in [2.45, 2.75) is 24.6 Å². The average Bonchev–Trinajstić information content (AvgIpc) is 3.64. The third-order valence-corrected chi connectivity index (χ3v) is 7.14. The predicted molar refractivity (Wildman–Crippen MR) is 163 cm³/mol. The zero-order valence-corrected chi connectivity index (χ0v) is 27.9. The van der Waals surface area contributed by atoms with Crippen LogP contribution in [-0.2, 0) is 23.7 Å². The molecule has 3 aliphatic rings. The molecular formula is C26H54N8O13. The van der Waals surface area contributed by atoms with Crippen LogP contribution in [0.2, 0.25) is 0 Å². The fourth-order valence-corrected chi connectivity index (χ4v) is 5.36. The highest BCUT2D eigenvalue weighted by molar-refractivity contribution is 5.78. The first-order valence-electron chi connectivity index (χ1n) is 14.9. The molecule has 47 heavy (non-hydrogen) atoms. The van der Waals surface area contributed by atoms with E-state index < -0.39 is 12.3 Å². The van der Waals surface area contributed by atoms with E-state index in [9.17, 15) is 29.7 Å². The normalized spacial score (nSPS) is 22.7. The van der Waals surface area contributed by atoms with E-state index in [0.29, 0.717) is 19.9 Å². The topological polar surface area (TPSA) is 242 Å². The summed E-state index contributed by atoms with van der Waals surface area (Å²) in [6.45, 7) is 2.03. The number of hydrogen-bond donors (Lipinski definition) is 7. The smallest absolute Gasteiger partial charge is 0.324 e. The molecule has 0 aromatic heterocycles. The van der Waals surface area contributed by atoms with E-state index in [1.807, 2.05) is 9.80 Å². The van der Waals surface area contributed by atoms with Crippen LogP contribution in [0.25, 0.3) is 0 Å². The third kappa shape index (κ3) is 11.8. The molecule has 0 aliphatic carbocycles. The average molecular weight is 687 g/mol. The Morgan fingerprint density at radius 3 is 1.74 bits per heavy atom. The second kappa shape index (κ2) is 23.6. The maximum atomic E-state index is 12.5. The quantitative estimate of drug-likeness (QED) is 0.0675. The fraction of sp³-hybridized carbons (Fsp3) is 0.885. The summed E-state index contributed by atoms with van der Waals surface area (Å²) in [5, 5.41) is 49.6. The summed E-state index contributed by atoms with van der Waals surface area (Å²) in [7, 11) is 7.56. The van der Waals surface area contributed by atoms with Crippen LogP contribution in [0.5, 0.6) is 0 Å². The van der Waals surface area contributed by atoms with Gasteiger partial charge >= 0.3 is 18.1 Å². The van der Waals surface area contributed by atoms with Gasteiger partial charge < -0.3 is 69.7 Å². The minimum absolute atomic E-state index is 0.00940. The zero-order valence-electron chi connectivity index (χ0n) is 27.9. The van der Waals surface area contributed by atoms with Gasteiger partial charge in [0, 0.05) is 61.7 Å². The number of urea groups is 3. The van der Waals surface area contributed by atoms with Crippen LogP contribution in [0.4, 0.5) is 14.4 Å². The zero-order chi connectivity index (χ0) is 35.4. The first-order valence-corrected chi connectivity index (χ1v) is 14.9. The van der Waals surface area contributed by atoms with E-state index in [4.69, 9.17) is 29.2 Å². The van der Waals surface area contributed by atoms with Gasteiger partial charge in [0.05, 0.1) is 39.7 Å². The number of carbonyl (C=O) groups is 3. The molecule has 3 rings (SSSR count). The van der Waals surface area contributed by atoms with Crippen LogP contribution in [0.3, 0.4) is 0 Å². The lowest BCUT2D eigenvalue weighted by molar-refractivity contribution is -0.0574. The summed E-state index contributed by atoms with van der Waals surface area (Å²) in [6, 6.07) is -1.29. The van der Waals surface area contributed by atoms with Crippen molar-refractivity contribution < 1.29 is 63.6 Å². The van der Waals surface area contributed by atoms with Gasteiger partial charge in [0.25, 0.3) is 0 Å². The van der Waals surface area contributed by atoms with Crippen LogP contribution in [0.15, 0.2) is 0 Å². The number of aliphatic hydroxyl groups excluding tert-OH is 5. The Balaban J connectivity index is 0.000000377. The van der Waals surface area contributed by atoms with Gasteiger partial charge in [0.2, 0.25) is 0 Å². The summed E-state index contributed by atoms with van der Waals surface area (Å²) in [6.07, 6.45) is -0.985. The molecular weight excluding hydrogens is 632 g/mol. The van der Waals surface area contributed by atoms with E-state index in [1.54, 1.807) is 16.9 Å². The number of nitrogens with zero attached hydrogens (tertiary/aromatic N) is 6. The lowest BCUT2D eigenvalue weighted by atomic mass is 10.2. The molecule has 0 aromatic rings. The molecule has 276 valence electrons. The number of rotatable bonds is 18. The molecule has 7 N–H and O–H groups in total. The molecule has 3 saturated heterocycles. The van der Waals surface area contributed by atoms with E-state index in [2.05, 4.69) is 15.4 Å². The van der Waals surface area contributed by atoms with Crippen molar-refractivity contribution in [3.63, 3.8) is 0 Å². The lowest BCUT2D eigenvalue weighted by Gasteiger charge is -2.28. The predicted octanol–water partition coefficient (Wildman–Crippen LogP) is -4.32. The van der Waals surface area contributed by atoms with Crippen molar-refractivity contribution in [2.24, 2.45) is 0 Å². The number of β-amino-alcohol motifs (C(OH)–C–C–N with tert-alkyl or cyclic N) is 3. The SMILES string of the molecule is COCN1C(=O)N(CCO)C(CO)C1OC.COCN1CN(CCO)C2C1N(COC)C(=O)N2CCO.COCNC(=O)NCCO. The monoisotopic (exact) mass is 686 g/mol. The van der Waals surface area contributed by atoms with Gasteiger partial charge in [-0.3, -0.25) is 14.7 Å². The molecule has 0 saturated carbocycles. The summed E-state index contributed by atoms with van der Waals surface area (Å²) in [5.41, 5.74) is 0. The van der Waals surface area contributed by atoms with Gasteiger partial charge in [0.1, 0.15) is 45.3 Å². The van der Waals surface area contributed by atoms with Gasteiger partial charge in [-0.15, -0.1) is 0 Å².